The van der Waals surface area contributed by atoms with Gasteiger partial charge in [-0.3, -0.25) is 0 Å². The zero-order valence-corrected chi connectivity index (χ0v) is 12.5. The number of rotatable bonds is 3. The van der Waals surface area contributed by atoms with E-state index in [1.54, 1.807) is 24.3 Å². The summed E-state index contributed by atoms with van der Waals surface area (Å²) < 4.78 is 5.80. The van der Waals surface area contributed by atoms with Crippen molar-refractivity contribution in [3.63, 3.8) is 0 Å². The lowest BCUT2D eigenvalue weighted by Gasteiger charge is -2.11. The summed E-state index contributed by atoms with van der Waals surface area (Å²) in [7, 11) is 0. The molecule has 3 aromatic rings. The van der Waals surface area contributed by atoms with Crippen LogP contribution in [-0.4, -0.2) is 9.97 Å². The summed E-state index contributed by atoms with van der Waals surface area (Å²) in [5.74, 6) is 0.964. The predicted octanol–water partition coefficient (Wildman–Crippen LogP) is 4.31. The minimum absolute atomic E-state index is 0.241. The Balaban J connectivity index is 2.11. The van der Waals surface area contributed by atoms with Crippen molar-refractivity contribution in [1.82, 2.24) is 4.98 Å². The van der Waals surface area contributed by atoms with Crippen molar-refractivity contribution in [3.8, 4) is 11.6 Å². The molecule has 2 N–H and O–H groups in total. The Labute approximate surface area is 132 Å². The first kappa shape index (κ1) is 13.8. The minimum atomic E-state index is 0.241. The van der Waals surface area contributed by atoms with Crippen molar-refractivity contribution < 1.29 is 4.74 Å². The van der Waals surface area contributed by atoms with Gasteiger partial charge in [0.25, 0.3) is 0 Å². The lowest BCUT2D eigenvalue weighted by Crippen LogP contribution is -2.11. The summed E-state index contributed by atoms with van der Waals surface area (Å²) in [5.41, 5.74) is 7.19. The topological polar surface area (TPSA) is 48.1 Å². The van der Waals surface area contributed by atoms with Gasteiger partial charge in [-0.25, -0.2) is 4.98 Å². The highest BCUT2D eigenvalue weighted by Gasteiger charge is 2.11. The minimum Gasteiger partial charge on any atom is -0.438 e. The average Bonchev–Trinajstić information content (AvgIpc) is 2.46. The van der Waals surface area contributed by atoms with Crippen molar-refractivity contribution in [3.05, 3.63) is 65.2 Å². The van der Waals surface area contributed by atoms with E-state index in [4.69, 9.17) is 34.3 Å². The van der Waals surface area contributed by atoms with Crippen LogP contribution >= 0.6 is 23.8 Å². The van der Waals surface area contributed by atoms with Crippen LogP contribution in [0.5, 0.6) is 11.6 Å². The van der Waals surface area contributed by atoms with Crippen molar-refractivity contribution in [2.75, 3.05) is 0 Å². The molecule has 104 valence electrons. The van der Waals surface area contributed by atoms with Crippen LogP contribution < -0.4 is 10.5 Å². The molecule has 0 bridgehead atoms. The third kappa shape index (κ3) is 2.96. The Kier molecular flexibility index (Phi) is 3.73. The summed E-state index contributed by atoms with van der Waals surface area (Å²) in [6, 6.07) is 16.7. The van der Waals surface area contributed by atoms with Crippen LogP contribution in [0.15, 0.2) is 54.6 Å². The largest absolute Gasteiger partial charge is 0.438 e. The smallest absolute Gasteiger partial charge is 0.230 e. The molecule has 0 aliphatic heterocycles. The number of nitrogens with zero attached hydrogens (tertiary/aromatic N) is 1. The van der Waals surface area contributed by atoms with Crippen LogP contribution in [0, 0.1) is 0 Å². The Bertz CT molecular complexity index is 835. The molecule has 0 aliphatic carbocycles. The fourth-order valence-corrected chi connectivity index (χ4v) is 2.32. The Morgan fingerprint density at radius 2 is 1.90 bits per heavy atom. The van der Waals surface area contributed by atoms with E-state index in [-0.39, 0.29) is 4.99 Å². The second kappa shape index (κ2) is 5.68. The maximum atomic E-state index is 5.96. The third-order valence-electron chi connectivity index (χ3n) is 2.97. The number of pyridine rings is 1. The summed E-state index contributed by atoms with van der Waals surface area (Å²) in [6.07, 6.45) is 0. The van der Waals surface area contributed by atoms with Gasteiger partial charge in [0.1, 0.15) is 10.7 Å². The molecule has 0 saturated carbocycles. The molecule has 0 unspecified atom stereocenters. The SMILES string of the molecule is NC(=S)c1cc2ccccc2nc1Oc1cccc(Cl)c1. The van der Waals surface area contributed by atoms with Crippen LogP contribution in [0.2, 0.25) is 5.02 Å². The molecule has 0 amide bonds. The second-order valence-electron chi connectivity index (χ2n) is 4.46. The molecule has 2 aromatic carbocycles. The van der Waals surface area contributed by atoms with Gasteiger partial charge < -0.3 is 10.5 Å². The van der Waals surface area contributed by atoms with Gasteiger partial charge in [-0.15, -0.1) is 0 Å². The average molecular weight is 315 g/mol. The molecule has 0 aliphatic rings. The number of aromatic nitrogens is 1. The number of ether oxygens (including phenoxy) is 1. The van der Waals surface area contributed by atoms with Crippen LogP contribution in [0.25, 0.3) is 10.9 Å². The lowest BCUT2D eigenvalue weighted by atomic mass is 10.1. The van der Waals surface area contributed by atoms with Gasteiger partial charge in [0.05, 0.1) is 11.1 Å². The van der Waals surface area contributed by atoms with E-state index in [2.05, 4.69) is 4.98 Å². The number of halogens is 1. The molecular weight excluding hydrogens is 304 g/mol. The van der Waals surface area contributed by atoms with Crippen LogP contribution in [-0.2, 0) is 0 Å². The van der Waals surface area contributed by atoms with E-state index in [1.807, 2.05) is 30.3 Å². The van der Waals surface area contributed by atoms with Crippen LogP contribution in [0.1, 0.15) is 5.56 Å². The molecule has 5 heteroatoms. The van der Waals surface area contributed by atoms with Crippen molar-refractivity contribution in [2.24, 2.45) is 5.73 Å². The zero-order chi connectivity index (χ0) is 14.8. The maximum Gasteiger partial charge on any atom is 0.230 e. The van der Waals surface area contributed by atoms with E-state index in [0.29, 0.717) is 22.2 Å². The van der Waals surface area contributed by atoms with Crippen molar-refractivity contribution in [1.29, 1.82) is 0 Å². The Hall–Kier alpha value is -2.17. The van der Waals surface area contributed by atoms with E-state index in [0.717, 1.165) is 10.9 Å². The van der Waals surface area contributed by atoms with Gasteiger partial charge in [0, 0.05) is 10.4 Å². The number of para-hydroxylation sites is 1. The number of benzene rings is 2. The van der Waals surface area contributed by atoms with Gasteiger partial charge in [-0.1, -0.05) is 48.1 Å². The zero-order valence-electron chi connectivity index (χ0n) is 10.9. The Morgan fingerprint density at radius 3 is 2.67 bits per heavy atom. The summed E-state index contributed by atoms with van der Waals surface area (Å²) in [4.78, 5) is 4.73. The van der Waals surface area contributed by atoms with Gasteiger partial charge in [-0.2, -0.15) is 0 Å². The molecule has 3 nitrogen and oxygen atoms in total. The first-order valence-corrected chi connectivity index (χ1v) is 7.05. The highest BCUT2D eigenvalue weighted by molar-refractivity contribution is 7.80. The normalized spacial score (nSPS) is 10.5. The summed E-state index contributed by atoms with van der Waals surface area (Å²) >= 11 is 11.0. The van der Waals surface area contributed by atoms with Gasteiger partial charge in [0.2, 0.25) is 5.88 Å². The molecule has 0 saturated heterocycles. The third-order valence-corrected chi connectivity index (χ3v) is 3.42. The molecule has 21 heavy (non-hydrogen) atoms. The number of hydrogen-bond acceptors (Lipinski definition) is 3. The number of hydrogen-bond donors (Lipinski definition) is 1. The van der Waals surface area contributed by atoms with E-state index < -0.39 is 0 Å². The van der Waals surface area contributed by atoms with E-state index in [1.165, 1.54) is 0 Å². The monoisotopic (exact) mass is 314 g/mol. The van der Waals surface area contributed by atoms with Crippen LogP contribution in [0.3, 0.4) is 0 Å². The number of fused-ring (bicyclic) bond motifs is 1. The molecular formula is C16H11ClN2OS. The first-order chi connectivity index (χ1) is 10.1. The lowest BCUT2D eigenvalue weighted by molar-refractivity contribution is 0.464. The summed E-state index contributed by atoms with van der Waals surface area (Å²) in [5, 5.41) is 1.55. The van der Waals surface area contributed by atoms with Crippen LogP contribution in [0.4, 0.5) is 0 Å². The van der Waals surface area contributed by atoms with Gasteiger partial charge in [0.15, 0.2) is 0 Å². The predicted molar refractivity (Wildman–Crippen MR) is 89.2 cm³/mol. The standard InChI is InChI=1S/C16H11ClN2OS/c17-11-5-3-6-12(9-11)20-16-13(15(18)21)8-10-4-1-2-7-14(10)19-16/h1-9H,(H2,18,21). The Morgan fingerprint density at radius 1 is 1.10 bits per heavy atom. The highest BCUT2D eigenvalue weighted by Crippen LogP contribution is 2.28. The quantitative estimate of drug-likeness (QED) is 0.732. The fraction of sp³-hybridized carbons (Fsp3) is 0. The van der Waals surface area contributed by atoms with Crippen molar-refractivity contribution >= 4 is 39.7 Å². The fourth-order valence-electron chi connectivity index (χ4n) is 1.99. The molecule has 1 heterocycles. The van der Waals surface area contributed by atoms with Crippen molar-refractivity contribution in [2.45, 2.75) is 0 Å². The van der Waals surface area contributed by atoms with E-state index >= 15 is 0 Å². The molecule has 0 radical (unpaired) electrons. The van der Waals surface area contributed by atoms with E-state index in [9.17, 15) is 0 Å². The highest BCUT2D eigenvalue weighted by atomic mass is 35.5. The second-order valence-corrected chi connectivity index (χ2v) is 5.33. The molecule has 0 fully saturated rings. The molecule has 0 atom stereocenters. The summed E-state index contributed by atoms with van der Waals surface area (Å²) in [6.45, 7) is 0. The molecule has 1 aromatic heterocycles. The number of nitrogens with two attached hydrogens (primary N) is 1. The maximum absolute atomic E-state index is 5.96. The van der Waals surface area contributed by atoms with Gasteiger partial charge >= 0.3 is 0 Å². The molecule has 3 rings (SSSR count). The van der Waals surface area contributed by atoms with Gasteiger partial charge in [-0.05, 0) is 30.3 Å². The first-order valence-electron chi connectivity index (χ1n) is 6.26. The number of thiocarbonyl (C=S) groups is 1. The molecule has 0 spiro atoms.